The molecule has 3 unspecified atom stereocenters. The van der Waals surface area contributed by atoms with E-state index in [1.54, 1.807) is 0 Å². The maximum absolute atomic E-state index is 12.4. The fourth-order valence-corrected chi connectivity index (χ4v) is 4.76. The summed E-state index contributed by atoms with van der Waals surface area (Å²) >= 11 is 0. The number of fused-ring (bicyclic) bond motifs is 2. The van der Waals surface area contributed by atoms with Gasteiger partial charge in [0, 0.05) is 37.8 Å². The molecule has 4 rings (SSSR count). The molecule has 1 saturated heterocycles. The quantitative estimate of drug-likeness (QED) is 0.901. The van der Waals surface area contributed by atoms with Gasteiger partial charge in [0.1, 0.15) is 5.82 Å². The average Bonchev–Trinajstić information content (AvgIpc) is 3.24. The lowest BCUT2D eigenvalue weighted by Gasteiger charge is -2.29. The first-order valence-electron chi connectivity index (χ1n) is 9.33. The highest BCUT2D eigenvalue weighted by molar-refractivity contribution is 5.76. The van der Waals surface area contributed by atoms with Gasteiger partial charge in [0.2, 0.25) is 5.91 Å². The highest BCUT2D eigenvalue weighted by Gasteiger charge is 2.40. The SMILES string of the molecule is O=C(CC1CC2CCC1C2)NCc1cccnc1N1CCOCC1. The number of carbonyl (C=O) groups excluding carboxylic acids is 1. The number of rotatable bonds is 5. The number of carbonyl (C=O) groups is 1. The van der Waals surface area contributed by atoms with Crippen LogP contribution in [0.15, 0.2) is 18.3 Å². The van der Waals surface area contributed by atoms with E-state index in [4.69, 9.17) is 4.74 Å². The van der Waals surface area contributed by atoms with Crippen molar-refractivity contribution in [2.75, 3.05) is 31.2 Å². The minimum absolute atomic E-state index is 0.198. The molecule has 2 bridgehead atoms. The molecular formula is C19H27N3O2. The van der Waals surface area contributed by atoms with Crippen molar-refractivity contribution in [3.63, 3.8) is 0 Å². The zero-order chi connectivity index (χ0) is 16.4. The van der Waals surface area contributed by atoms with Gasteiger partial charge in [0.25, 0.3) is 0 Å². The summed E-state index contributed by atoms with van der Waals surface area (Å²) < 4.78 is 5.42. The predicted molar refractivity (Wildman–Crippen MR) is 92.7 cm³/mol. The average molecular weight is 329 g/mol. The van der Waals surface area contributed by atoms with Crippen molar-refractivity contribution in [1.29, 1.82) is 0 Å². The van der Waals surface area contributed by atoms with E-state index >= 15 is 0 Å². The van der Waals surface area contributed by atoms with Crippen molar-refractivity contribution in [2.24, 2.45) is 17.8 Å². The molecule has 2 aliphatic carbocycles. The number of aromatic nitrogens is 1. The van der Waals surface area contributed by atoms with E-state index in [9.17, 15) is 4.79 Å². The lowest BCUT2D eigenvalue weighted by Crippen LogP contribution is -2.38. The Balaban J connectivity index is 1.33. The number of morpholine rings is 1. The Bertz CT molecular complexity index is 586. The molecule has 24 heavy (non-hydrogen) atoms. The highest BCUT2D eigenvalue weighted by Crippen LogP contribution is 2.49. The zero-order valence-electron chi connectivity index (χ0n) is 14.2. The lowest BCUT2D eigenvalue weighted by molar-refractivity contribution is -0.122. The number of amides is 1. The second-order valence-electron chi connectivity index (χ2n) is 7.50. The van der Waals surface area contributed by atoms with Crippen molar-refractivity contribution in [1.82, 2.24) is 10.3 Å². The Morgan fingerprint density at radius 1 is 1.29 bits per heavy atom. The van der Waals surface area contributed by atoms with Gasteiger partial charge in [-0.25, -0.2) is 4.98 Å². The van der Waals surface area contributed by atoms with E-state index in [0.29, 0.717) is 18.9 Å². The third-order valence-corrected chi connectivity index (χ3v) is 5.99. The molecule has 1 amide bonds. The maximum atomic E-state index is 12.4. The molecule has 1 N–H and O–H groups in total. The summed E-state index contributed by atoms with van der Waals surface area (Å²) in [6, 6.07) is 4.01. The summed E-state index contributed by atoms with van der Waals surface area (Å²) in [5.41, 5.74) is 1.10. The molecule has 1 aromatic rings. The Labute approximate surface area is 143 Å². The second kappa shape index (κ2) is 7.09. The number of hydrogen-bond acceptors (Lipinski definition) is 4. The molecule has 130 valence electrons. The Morgan fingerprint density at radius 3 is 2.92 bits per heavy atom. The molecular weight excluding hydrogens is 302 g/mol. The van der Waals surface area contributed by atoms with E-state index in [1.165, 1.54) is 25.7 Å². The molecule has 1 aliphatic heterocycles. The van der Waals surface area contributed by atoms with Crippen LogP contribution in [0.2, 0.25) is 0 Å². The molecule has 2 heterocycles. The topological polar surface area (TPSA) is 54.5 Å². The number of nitrogens with zero attached hydrogens (tertiary/aromatic N) is 2. The number of pyridine rings is 1. The summed E-state index contributed by atoms with van der Waals surface area (Å²) in [6.07, 6.45) is 7.89. The Hall–Kier alpha value is -1.62. The van der Waals surface area contributed by atoms with Crippen LogP contribution in [-0.2, 0) is 16.1 Å². The molecule has 3 aliphatic rings. The summed E-state index contributed by atoms with van der Waals surface area (Å²) in [4.78, 5) is 19.2. The third kappa shape index (κ3) is 3.41. The van der Waals surface area contributed by atoms with Crippen LogP contribution < -0.4 is 10.2 Å². The van der Waals surface area contributed by atoms with E-state index in [-0.39, 0.29) is 5.91 Å². The number of anilines is 1. The van der Waals surface area contributed by atoms with Gasteiger partial charge in [0.05, 0.1) is 13.2 Å². The van der Waals surface area contributed by atoms with Gasteiger partial charge in [-0.3, -0.25) is 4.79 Å². The number of hydrogen-bond donors (Lipinski definition) is 1. The fraction of sp³-hybridized carbons (Fsp3) is 0.684. The van der Waals surface area contributed by atoms with Crippen molar-refractivity contribution < 1.29 is 9.53 Å². The van der Waals surface area contributed by atoms with Gasteiger partial charge in [-0.1, -0.05) is 12.5 Å². The summed E-state index contributed by atoms with van der Waals surface area (Å²) in [5, 5.41) is 3.13. The molecule has 5 nitrogen and oxygen atoms in total. The van der Waals surface area contributed by atoms with Crippen LogP contribution in [0.3, 0.4) is 0 Å². The van der Waals surface area contributed by atoms with Crippen LogP contribution >= 0.6 is 0 Å². The van der Waals surface area contributed by atoms with Crippen LogP contribution in [0.25, 0.3) is 0 Å². The largest absolute Gasteiger partial charge is 0.378 e. The van der Waals surface area contributed by atoms with Gasteiger partial charge >= 0.3 is 0 Å². The normalized spacial score (nSPS) is 29.0. The lowest BCUT2D eigenvalue weighted by atomic mass is 9.86. The van der Waals surface area contributed by atoms with Crippen LogP contribution in [0.4, 0.5) is 5.82 Å². The fourth-order valence-electron chi connectivity index (χ4n) is 4.76. The van der Waals surface area contributed by atoms with E-state index in [0.717, 1.165) is 49.5 Å². The van der Waals surface area contributed by atoms with Gasteiger partial charge in [0.15, 0.2) is 0 Å². The molecule has 0 spiro atoms. The second-order valence-corrected chi connectivity index (χ2v) is 7.50. The minimum atomic E-state index is 0.198. The van der Waals surface area contributed by atoms with Crippen molar-refractivity contribution in [2.45, 2.75) is 38.6 Å². The van der Waals surface area contributed by atoms with Crippen LogP contribution in [0.1, 0.15) is 37.7 Å². The Kier molecular flexibility index (Phi) is 4.69. The summed E-state index contributed by atoms with van der Waals surface area (Å²) in [5.74, 6) is 3.52. The monoisotopic (exact) mass is 329 g/mol. The van der Waals surface area contributed by atoms with Gasteiger partial charge in [-0.2, -0.15) is 0 Å². The standard InChI is InChI=1S/C19H27N3O2/c23-18(12-17-11-14-3-4-15(17)10-14)21-13-16-2-1-5-20-19(16)22-6-8-24-9-7-22/h1-2,5,14-15,17H,3-4,6-13H2,(H,21,23). The zero-order valence-corrected chi connectivity index (χ0v) is 14.2. The van der Waals surface area contributed by atoms with Crippen LogP contribution in [0.5, 0.6) is 0 Å². The van der Waals surface area contributed by atoms with Crippen LogP contribution in [0, 0.1) is 17.8 Å². The molecule has 5 heteroatoms. The third-order valence-electron chi connectivity index (χ3n) is 5.99. The summed E-state index contributed by atoms with van der Waals surface area (Å²) in [7, 11) is 0. The highest BCUT2D eigenvalue weighted by atomic mass is 16.5. The van der Waals surface area contributed by atoms with Gasteiger partial charge in [-0.05, 0) is 43.1 Å². The van der Waals surface area contributed by atoms with E-state index in [2.05, 4.69) is 21.3 Å². The maximum Gasteiger partial charge on any atom is 0.220 e. The molecule has 0 aromatic carbocycles. The molecule has 2 saturated carbocycles. The number of ether oxygens (including phenoxy) is 1. The van der Waals surface area contributed by atoms with Crippen molar-refractivity contribution >= 4 is 11.7 Å². The van der Waals surface area contributed by atoms with Crippen molar-refractivity contribution in [3.05, 3.63) is 23.9 Å². The predicted octanol–water partition coefficient (Wildman–Crippen LogP) is 2.36. The first-order valence-corrected chi connectivity index (χ1v) is 9.33. The molecule has 0 radical (unpaired) electrons. The molecule has 1 aromatic heterocycles. The van der Waals surface area contributed by atoms with E-state index < -0.39 is 0 Å². The van der Waals surface area contributed by atoms with Crippen LogP contribution in [-0.4, -0.2) is 37.2 Å². The molecule has 3 atom stereocenters. The van der Waals surface area contributed by atoms with Gasteiger partial charge < -0.3 is 15.0 Å². The summed E-state index contributed by atoms with van der Waals surface area (Å²) in [6.45, 7) is 3.78. The smallest absolute Gasteiger partial charge is 0.220 e. The van der Waals surface area contributed by atoms with E-state index in [1.807, 2.05) is 12.3 Å². The molecule has 3 fully saturated rings. The van der Waals surface area contributed by atoms with Crippen molar-refractivity contribution in [3.8, 4) is 0 Å². The van der Waals surface area contributed by atoms with Gasteiger partial charge in [-0.15, -0.1) is 0 Å². The Morgan fingerprint density at radius 2 is 2.17 bits per heavy atom. The first-order chi connectivity index (χ1) is 11.8. The first kappa shape index (κ1) is 15.9. The number of nitrogens with one attached hydrogen (secondary N) is 1. The minimum Gasteiger partial charge on any atom is -0.378 e.